The summed E-state index contributed by atoms with van der Waals surface area (Å²) < 4.78 is 36.4. The van der Waals surface area contributed by atoms with Crippen molar-refractivity contribution in [1.82, 2.24) is 10.2 Å². The number of ether oxygens (including phenoxy) is 1. The van der Waals surface area contributed by atoms with Gasteiger partial charge in [-0.3, -0.25) is 14.5 Å². The molecule has 42 heavy (non-hydrogen) atoms. The maximum Gasteiger partial charge on any atom is 0.273 e. The number of guanidine groups is 1. The summed E-state index contributed by atoms with van der Waals surface area (Å²) in [6.45, 7) is 7.99. The smallest absolute Gasteiger partial charge is 0.273 e. The fourth-order valence-electron chi connectivity index (χ4n) is 7.27. The Kier molecular flexibility index (Phi) is 7.05. The van der Waals surface area contributed by atoms with Crippen LogP contribution < -0.4 is 15.8 Å². The maximum atomic E-state index is 15.1. The molecule has 2 aliphatic carbocycles. The van der Waals surface area contributed by atoms with E-state index in [1.807, 2.05) is 33.8 Å². The van der Waals surface area contributed by atoms with E-state index in [0.717, 1.165) is 30.6 Å². The van der Waals surface area contributed by atoms with Crippen LogP contribution in [0.2, 0.25) is 0 Å². The van der Waals surface area contributed by atoms with Gasteiger partial charge in [-0.05, 0) is 86.8 Å². The van der Waals surface area contributed by atoms with E-state index in [4.69, 9.17) is 10.5 Å². The summed E-state index contributed by atoms with van der Waals surface area (Å²) in [5.41, 5.74) is 8.39. The molecule has 9 heteroatoms. The van der Waals surface area contributed by atoms with Gasteiger partial charge < -0.3 is 15.8 Å². The van der Waals surface area contributed by atoms with Crippen molar-refractivity contribution in [3.05, 3.63) is 64.2 Å². The SMILES string of the molecule is CC.CC1(C)CC2NC(=O)c3ccc4c(c3)[C@@H](CCC4(F)F)N3C(=O)CC(CCC4CC4c4ccc(c2c4)O1)N=C3N. The molecule has 5 atom stereocenters. The topological polar surface area (TPSA) is 97.0 Å². The standard InChI is InChI=1S/C31H34F2N4O3.C2H6/c1-30(2)15-24-22-12-17(5-8-26(22)40-30)20-11-16(20)3-6-19-14-27(38)37(29(34)35-19)25-9-10-31(32,33)23-7-4-18(13-21(23)25)28(39)36-24;1-2/h4-5,7-8,12-13,16,19-20,24-25H,3,6,9-11,14-15H2,1-2H3,(H2,34,35)(H,36,39);1-2H3/t16?,19?,20?,24?,25-;/m1./s1. The lowest BCUT2D eigenvalue weighted by molar-refractivity contribution is -0.131. The predicted molar refractivity (Wildman–Crippen MR) is 157 cm³/mol. The van der Waals surface area contributed by atoms with Crippen molar-refractivity contribution < 1.29 is 23.1 Å². The highest BCUT2D eigenvalue weighted by molar-refractivity contribution is 5.99. The Morgan fingerprint density at radius 1 is 1.05 bits per heavy atom. The largest absolute Gasteiger partial charge is 0.487 e. The first-order valence-electron chi connectivity index (χ1n) is 15.3. The summed E-state index contributed by atoms with van der Waals surface area (Å²) in [4.78, 5) is 33.1. The van der Waals surface area contributed by atoms with Gasteiger partial charge in [-0.15, -0.1) is 0 Å². The lowest BCUT2D eigenvalue weighted by Gasteiger charge is -2.40. The molecule has 0 saturated heterocycles. The van der Waals surface area contributed by atoms with Crippen LogP contribution in [0.15, 0.2) is 41.4 Å². The fraction of sp³-hybridized carbons (Fsp3) is 0.545. The van der Waals surface area contributed by atoms with Crippen molar-refractivity contribution in [3.63, 3.8) is 0 Å². The highest BCUT2D eigenvalue weighted by Gasteiger charge is 2.46. The van der Waals surface area contributed by atoms with Gasteiger partial charge in [0, 0.05) is 36.0 Å². The number of fused-ring (bicyclic) bond motifs is 3. The highest BCUT2D eigenvalue weighted by Crippen LogP contribution is 2.53. The van der Waals surface area contributed by atoms with Gasteiger partial charge in [-0.1, -0.05) is 26.0 Å². The van der Waals surface area contributed by atoms with Gasteiger partial charge in [0.2, 0.25) is 5.91 Å². The van der Waals surface area contributed by atoms with E-state index in [-0.39, 0.29) is 59.4 Å². The lowest BCUT2D eigenvalue weighted by Crippen LogP contribution is -2.50. The van der Waals surface area contributed by atoms with Gasteiger partial charge in [0.05, 0.1) is 18.1 Å². The minimum absolute atomic E-state index is 0.0335. The number of nitrogens with one attached hydrogen (secondary N) is 1. The summed E-state index contributed by atoms with van der Waals surface area (Å²) >= 11 is 0. The van der Waals surface area contributed by atoms with Gasteiger partial charge in [0.15, 0.2) is 5.96 Å². The third kappa shape index (κ3) is 5.05. The van der Waals surface area contributed by atoms with E-state index >= 15 is 8.78 Å². The Bertz CT molecular complexity index is 1450. The molecule has 6 aliphatic rings. The van der Waals surface area contributed by atoms with E-state index in [2.05, 4.69) is 22.4 Å². The molecule has 4 aliphatic heterocycles. The quantitative estimate of drug-likeness (QED) is 0.374. The van der Waals surface area contributed by atoms with Crippen LogP contribution in [0.4, 0.5) is 8.78 Å². The van der Waals surface area contributed by atoms with Gasteiger partial charge in [0.1, 0.15) is 11.4 Å². The summed E-state index contributed by atoms with van der Waals surface area (Å²) in [6.07, 6.45) is 3.16. The van der Waals surface area contributed by atoms with Crippen molar-refractivity contribution in [2.45, 2.75) is 108 Å². The number of nitrogens with two attached hydrogens (primary N) is 1. The minimum Gasteiger partial charge on any atom is -0.487 e. The first kappa shape index (κ1) is 28.6. The van der Waals surface area contributed by atoms with E-state index in [1.54, 1.807) is 0 Å². The molecule has 2 aromatic carbocycles. The second kappa shape index (κ2) is 10.3. The second-order valence-electron chi connectivity index (χ2n) is 12.7. The molecule has 224 valence electrons. The second-order valence-corrected chi connectivity index (χ2v) is 12.7. The molecular formula is C33H40F2N4O3. The molecule has 4 heterocycles. The van der Waals surface area contributed by atoms with E-state index in [9.17, 15) is 9.59 Å². The summed E-state index contributed by atoms with van der Waals surface area (Å²) in [7, 11) is 0. The van der Waals surface area contributed by atoms with Crippen LogP contribution in [-0.4, -0.2) is 34.3 Å². The Balaban J connectivity index is 0.00000155. The number of amides is 2. The minimum atomic E-state index is -3.06. The first-order chi connectivity index (χ1) is 20.0. The predicted octanol–water partition coefficient (Wildman–Crippen LogP) is 6.48. The molecule has 7 nitrogen and oxygen atoms in total. The first-order valence-corrected chi connectivity index (χ1v) is 15.3. The third-order valence-corrected chi connectivity index (χ3v) is 9.37. The van der Waals surface area contributed by atoms with Crippen molar-refractivity contribution in [2.75, 3.05) is 0 Å². The molecule has 1 saturated carbocycles. The van der Waals surface area contributed by atoms with Crippen LogP contribution in [0.1, 0.15) is 123 Å². The average molecular weight is 579 g/mol. The number of carbonyl (C=O) groups excluding carboxylic acids is 2. The molecule has 0 radical (unpaired) electrons. The molecule has 8 rings (SSSR count). The van der Waals surface area contributed by atoms with E-state index < -0.39 is 24.0 Å². The maximum absolute atomic E-state index is 15.1. The van der Waals surface area contributed by atoms with Gasteiger partial charge in [-0.2, -0.15) is 0 Å². The molecule has 0 aromatic heterocycles. The Morgan fingerprint density at radius 3 is 2.60 bits per heavy atom. The number of aliphatic imine (C=N–C) groups is 1. The molecular weight excluding hydrogens is 538 g/mol. The van der Waals surface area contributed by atoms with Crippen molar-refractivity contribution in [2.24, 2.45) is 16.6 Å². The van der Waals surface area contributed by atoms with Crippen molar-refractivity contribution in [3.8, 4) is 5.75 Å². The molecule has 2 amide bonds. The number of carbonyl (C=O) groups is 2. The summed E-state index contributed by atoms with van der Waals surface area (Å²) in [6, 6.07) is 9.36. The monoisotopic (exact) mass is 578 g/mol. The number of hydrogen-bond donors (Lipinski definition) is 2. The molecule has 4 unspecified atom stereocenters. The number of hydrogen-bond acceptors (Lipinski definition) is 5. The number of rotatable bonds is 0. The van der Waals surface area contributed by atoms with Crippen molar-refractivity contribution in [1.29, 1.82) is 0 Å². The Morgan fingerprint density at radius 2 is 1.83 bits per heavy atom. The lowest BCUT2D eigenvalue weighted by atomic mass is 9.82. The van der Waals surface area contributed by atoms with Crippen LogP contribution in [-0.2, 0) is 10.7 Å². The number of nitrogens with zero attached hydrogens (tertiary/aromatic N) is 2. The van der Waals surface area contributed by atoms with Crippen molar-refractivity contribution >= 4 is 17.8 Å². The number of benzene rings is 2. The molecule has 1 fully saturated rings. The third-order valence-electron chi connectivity index (χ3n) is 9.37. The number of halogens is 2. The van der Waals surface area contributed by atoms with Gasteiger partial charge >= 0.3 is 0 Å². The summed E-state index contributed by atoms with van der Waals surface area (Å²) in [5, 5.41) is 3.17. The number of alkyl halides is 2. The van der Waals surface area contributed by atoms with Crippen LogP contribution in [0.3, 0.4) is 0 Å². The van der Waals surface area contributed by atoms with Gasteiger partial charge in [-0.25, -0.2) is 13.8 Å². The fourth-order valence-corrected chi connectivity index (χ4v) is 7.27. The normalized spacial score (nSPS) is 30.3. The molecule has 3 N–H and O–H groups in total. The molecule has 6 bridgehead atoms. The zero-order valence-electron chi connectivity index (χ0n) is 24.8. The zero-order valence-corrected chi connectivity index (χ0v) is 24.8. The van der Waals surface area contributed by atoms with Crippen LogP contribution in [0.25, 0.3) is 0 Å². The van der Waals surface area contributed by atoms with Crippen LogP contribution >= 0.6 is 0 Å². The van der Waals surface area contributed by atoms with E-state index in [1.165, 1.54) is 28.7 Å². The Labute approximate surface area is 245 Å². The zero-order chi connectivity index (χ0) is 30.0. The Hall–Kier alpha value is -3.49. The highest BCUT2D eigenvalue weighted by atomic mass is 19.3. The van der Waals surface area contributed by atoms with Crippen LogP contribution in [0, 0.1) is 5.92 Å². The van der Waals surface area contributed by atoms with Gasteiger partial charge in [0.25, 0.3) is 11.8 Å². The summed E-state index contributed by atoms with van der Waals surface area (Å²) in [5.74, 6) is -1.86. The molecule has 2 aromatic rings. The van der Waals surface area contributed by atoms with E-state index in [0.29, 0.717) is 18.3 Å². The van der Waals surface area contributed by atoms with Crippen LogP contribution in [0.5, 0.6) is 5.75 Å². The average Bonchev–Trinajstić information content (AvgIpc) is 3.72. The molecule has 0 spiro atoms.